The van der Waals surface area contributed by atoms with E-state index in [2.05, 4.69) is 47.7 Å². The van der Waals surface area contributed by atoms with E-state index in [0.717, 1.165) is 87.0 Å². The largest absolute Gasteiger partial charge is 0.378 e. The first-order chi connectivity index (χ1) is 14.6. The third-order valence-corrected chi connectivity index (χ3v) is 5.90. The molecule has 10 nitrogen and oxygen atoms in total. The Bertz CT molecular complexity index is 1050. The Labute approximate surface area is 175 Å². The Hall–Kier alpha value is -3.01. The third-order valence-electron chi connectivity index (χ3n) is 5.90. The van der Waals surface area contributed by atoms with Crippen LogP contribution in [0.4, 0.5) is 17.6 Å². The number of anilines is 3. The Morgan fingerprint density at radius 3 is 2.33 bits per heavy atom. The molecule has 2 aliphatic heterocycles. The van der Waals surface area contributed by atoms with Crippen LogP contribution >= 0.6 is 0 Å². The van der Waals surface area contributed by atoms with Crippen LogP contribution in [0.25, 0.3) is 5.78 Å². The summed E-state index contributed by atoms with van der Waals surface area (Å²) in [7, 11) is 0. The van der Waals surface area contributed by atoms with Gasteiger partial charge in [-0.1, -0.05) is 0 Å². The molecule has 0 atom stereocenters. The lowest BCUT2D eigenvalue weighted by molar-refractivity contribution is 0.122. The van der Waals surface area contributed by atoms with Crippen molar-refractivity contribution in [3.8, 4) is 0 Å². The fourth-order valence-corrected chi connectivity index (χ4v) is 4.14. The molecule has 2 aliphatic rings. The second-order valence-corrected chi connectivity index (χ2v) is 7.86. The molecule has 0 N–H and O–H groups in total. The second kappa shape index (κ2) is 7.67. The highest BCUT2D eigenvalue weighted by atomic mass is 16.5. The van der Waals surface area contributed by atoms with Gasteiger partial charge in [0, 0.05) is 62.3 Å². The van der Waals surface area contributed by atoms with E-state index in [4.69, 9.17) is 9.72 Å². The zero-order valence-corrected chi connectivity index (χ0v) is 17.7. The molecule has 0 unspecified atom stereocenters. The average molecular weight is 409 g/mol. The van der Waals surface area contributed by atoms with Crippen LogP contribution in [-0.4, -0.2) is 82.0 Å². The van der Waals surface area contributed by atoms with Gasteiger partial charge in [0.25, 0.3) is 5.78 Å². The van der Waals surface area contributed by atoms with Crippen LogP contribution < -0.4 is 14.7 Å². The van der Waals surface area contributed by atoms with Gasteiger partial charge in [-0.15, -0.1) is 0 Å². The van der Waals surface area contributed by atoms with Crippen molar-refractivity contribution >= 4 is 23.4 Å². The van der Waals surface area contributed by atoms with Gasteiger partial charge in [-0.25, -0.2) is 9.97 Å². The molecule has 3 aromatic rings. The smallest absolute Gasteiger partial charge is 0.254 e. The average Bonchev–Trinajstić information content (AvgIpc) is 3.23. The van der Waals surface area contributed by atoms with E-state index in [1.165, 1.54) is 0 Å². The summed E-state index contributed by atoms with van der Waals surface area (Å²) in [5.74, 6) is 3.54. The fourth-order valence-electron chi connectivity index (χ4n) is 4.14. The number of piperazine rings is 1. The molecule has 5 rings (SSSR count). The lowest BCUT2D eigenvalue weighted by atomic mass is 10.2. The highest BCUT2D eigenvalue weighted by Gasteiger charge is 2.24. The summed E-state index contributed by atoms with van der Waals surface area (Å²) in [6.45, 7) is 12.8. The van der Waals surface area contributed by atoms with E-state index in [-0.39, 0.29) is 0 Å². The van der Waals surface area contributed by atoms with Gasteiger partial charge in [-0.2, -0.15) is 19.6 Å². The van der Waals surface area contributed by atoms with E-state index in [1.54, 1.807) is 6.33 Å². The number of aryl methyl sites for hydroxylation is 2. The molecule has 0 aliphatic carbocycles. The van der Waals surface area contributed by atoms with Crippen molar-refractivity contribution in [1.82, 2.24) is 29.5 Å². The van der Waals surface area contributed by atoms with Crippen LogP contribution in [0.5, 0.6) is 0 Å². The highest BCUT2D eigenvalue weighted by molar-refractivity contribution is 5.55. The SMILES string of the molecule is Cc1cc(N2CCN(c3c(C)c(C)nc4ncnn34)CC2)nc(N2CCOCC2)n1. The summed E-state index contributed by atoms with van der Waals surface area (Å²) in [4.78, 5) is 25.3. The zero-order valence-electron chi connectivity index (χ0n) is 17.7. The molecule has 5 heterocycles. The molecule has 158 valence electrons. The van der Waals surface area contributed by atoms with Gasteiger partial charge in [-0.3, -0.25) is 0 Å². The predicted molar refractivity (Wildman–Crippen MR) is 114 cm³/mol. The van der Waals surface area contributed by atoms with Crippen molar-refractivity contribution in [2.45, 2.75) is 20.8 Å². The van der Waals surface area contributed by atoms with Crippen molar-refractivity contribution in [3.05, 3.63) is 29.3 Å². The number of hydrogen-bond donors (Lipinski definition) is 0. The van der Waals surface area contributed by atoms with Crippen LogP contribution in [-0.2, 0) is 4.74 Å². The Morgan fingerprint density at radius 1 is 0.833 bits per heavy atom. The molecule has 0 amide bonds. The van der Waals surface area contributed by atoms with E-state index in [0.29, 0.717) is 5.78 Å². The van der Waals surface area contributed by atoms with Gasteiger partial charge in [-0.05, 0) is 20.8 Å². The number of nitrogens with zero attached hydrogens (tertiary/aromatic N) is 9. The number of aromatic nitrogens is 6. The van der Waals surface area contributed by atoms with Gasteiger partial charge in [0.2, 0.25) is 5.95 Å². The topological polar surface area (TPSA) is 87.8 Å². The van der Waals surface area contributed by atoms with Crippen LogP contribution in [0.3, 0.4) is 0 Å². The molecule has 0 spiro atoms. The summed E-state index contributed by atoms with van der Waals surface area (Å²) in [6.07, 6.45) is 1.57. The number of rotatable bonds is 3. The molecule has 0 radical (unpaired) electrons. The summed E-state index contributed by atoms with van der Waals surface area (Å²) < 4.78 is 7.32. The normalized spacial score (nSPS) is 17.8. The number of fused-ring (bicyclic) bond motifs is 1. The molecular weight excluding hydrogens is 382 g/mol. The first-order valence-corrected chi connectivity index (χ1v) is 10.5. The summed E-state index contributed by atoms with van der Waals surface area (Å²) >= 11 is 0. The van der Waals surface area contributed by atoms with Gasteiger partial charge >= 0.3 is 0 Å². The highest BCUT2D eigenvalue weighted by Crippen LogP contribution is 2.25. The Balaban J connectivity index is 1.36. The second-order valence-electron chi connectivity index (χ2n) is 7.86. The van der Waals surface area contributed by atoms with Crippen molar-refractivity contribution in [2.75, 3.05) is 67.2 Å². The van der Waals surface area contributed by atoms with Gasteiger partial charge < -0.3 is 19.4 Å². The van der Waals surface area contributed by atoms with Crippen molar-refractivity contribution in [1.29, 1.82) is 0 Å². The van der Waals surface area contributed by atoms with Gasteiger partial charge in [0.1, 0.15) is 18.0 Å². The molecule has 30 heavy (non-hydrogen) atoms. The van der Waals surface area contributed by atoms with Crippen molar-refractivity contribution in [2.24, 2.45) is 0 Å². The minimum Gasteiger partial charge on any atom is -0.378 e. The maximum absolute atomic E-state index is 5.47. The third kappa shape index (κ3) is 3.41. The van der Waals surface area contributed by atoms with Crippen LogP contribution in [0, 0.1) is 20.8 Å². The first-order valence-electron chi connectivity index (χ1n) is 10.5. The van der Waals surface area contributed by atoms with E-state index in [1.807, 2.05) is 18.4 Å². The molecule has 2 fully saturated rings. The van der Waals surface area contributed by atoms with Crippen molar-refractivity contribution in [3.63, 3.8) is 0 Å². The standard InChI is InChI=1S/C20H27N9O/c1-14-12-17(25-20(23-14)28-8-10-30-11-9-28)26-4-6-27(7-5-26)18-15(2)16(3)24-19-21-13-22-29(18)19/h12-13H,4-11H2,1-3H3. The molecule has 10 heteroatoms. The molecule has 2 saturated heterocycles. The number of hydrogen-bond acceptors (Lipinski definition) is 9. The lowest BCUT2D eigenvalue weighted by Gasteiger charge is -2.37. The molecule has 3 aromatic heterocycles. The number of morpholine rings is 1. The Morgan fingerprint density at radius 2 is 1.57 bits per heavy atom. The van der Waals surface area contributed by atoms with Crippen LogP contribution in [0.15, 0.2) is 12.4 Å². The van der Waals surface area contributed by atoms with Crippen LogP contribution in [0.2, 0.25) is 0 Å². The van der Waals surface area contributed by atoms with Crippen LogP contribution in [0.1, 0.15) is 17.0 Å². The minimum absolute atomic E-state index is 0.650. The predicted octanol–water partition coefficient (Wildman–Crippen LogP) is 1.00. The number of ether oxygens (including phenoxy) is 1. The molecule has 0 aromatic carbocycles. The monoisotopic (exact) mass is 409 g/mol. The van der Waals surface area contributed by atoms with Gasteiger partial charge in [0.05, 0.1) is 13.2 Å². The van der Waals surface area contributed by atoms with Crippen molar-refractivity contribution < 1.29 is 4.74 Å². The maximum atomic E-state index is 5.47. The fraction of sp³-hybridized carbons (Fsp3) is 0.550. The molecule has 0 bridgehead atoms. The maximum Gasteiger partial charge on any atom is 0.254 e. The van der Waals surface area contributed by atoms with E-state index < -0.39 is 0 Å². The van der Waals surface area contributed by atoms with E-state index in [9.17, 15) is 0 Å². The van der Waals surface area contributed by atoms with Gasteiger partial charge in [0.15, 0.2) is 0 Å². The summed E-state index contributed by atoms with van der Waals surface area (Å²) in [5, 5.41) is 4.40. The summed E-state index contributed by atoms with van der Waals surface area (Å²) in [6, 6.07) is 2.08. The molecular formula is C20H27N9O. The molecule has 0 saturated carbocycles. The van der Waals surface area contributed by atoms with E-state index >= 15 is 0 Å². The Kier molecular flexibility index (Phi) is 4.86. The first kappa shape index (κ1) is 19.0. The summed E-state index contributed by atoms with van der Waals surface area (Å²) in [5.41, 5.74) is 3.14. The lowest BCUT2D eigenvalue weighted by Crippen LogP contribution is -2.48. The zero-order chi connectivity index (χ0) is 20.7. The quantitative estimate of drug-likeness (QED) is 0.629. The minimum atomic E-state index is 0.650.